The van der Waals surface area contributed by atoms with Crippen LogP contribution in [0.1, 0.15) is 37.7 Å². The molecule has 1 saturated carbocycles. The third-order valence-electron chi connectivity index (χ3n) is 3.21. The molecule has 0 aromatic carbocycles. The summed E-state index contributed by atoms with van der Waals surface area (Å²) in [4.78, 5) is 0. The maximum Gasteiger partial charge on any atom is 0.166 e. The predicted molar refractivity (Wildman–Crippen MR) is 63.3 cm³/mol. The third kappa shape index (κ3) is 2.92. The van der Waals surface area contributed by atoms with Gasteiger partial charge < -0.3 is 10.4 Å². The number of aliphatic hydroxyl groups is 1. The lowest BCUT2D eigenvalue weighted by atomic mass is 9.85. The van der Waals surface area contributed by atoms with E-state index in [-0.39, 0.29) is 0 Å². The number of anilines is 1. The Morgan fingerprint density at radius 2 is 2.18 bits per heavy atom. The van der Waals surface area contributed by atoms with E-state index in [0.29, 0.717) is 17.9 Å². The van der Waals surface area contributed by atoms with Crippen LogP contribution in [0.2, 0.25) is 0 Å². The number of nitrogens with zero attached hydrogens (tertiary/aromatic N) is 3. The average molecular weight is 232 g/mol. The van der Waals surface area contributed by atoms with Crippen molar-refractivity contribution in [1.82, 2.24) is 10.2 Å². The van der Waals surface area contributed by atoms with Crippen molar-refractivity contribution < 1.29 is 5.11 Å². The molecule has 5 nitrogen and oxygen atoms in total. The molecule has 0 radical (unpaired) electrons. The van der Waals surface area contributed by atoms with Gasteiger partial charge in [-0.15, -0.1) is 5.10 Å². The summed E-state index contributed by atoms with van der Waals surface area (Å²) >= 11 is 0. The van der Waals surface area contributed by atoms with E-state index >= 15 is 0 Å². The van der Waals surface area contributed by atoms with Gasteiger partial charge in [-0.2, -0.15) is 10.4 Å². The molecule has 1 aromatic heterocycles. The second-order valence-electron chi connectivity index (χ2n) is 4.54. The summed E-state index contributed by atoms with van der Waals surface area (Å²) in [6.45, 7) is 0.431. The zero-order valence-electron chi connectivity index (χ0n) is 9.69. The third-order valence-corrected chi connectivity index (χ3v) is 3.21. The molecule has 0 atom stereocenters. The number of aromatic nitrogens is 2. The molecule has 2 N–H and O–H groups in total. The van der Waals surface area contributed by atoms with Crippen molar-refractivity contribution in [1.29, 1.82) is 5.26 Å². The molecule has 1 aliphatic carbocycles. The van der Waals surface area contributed by atoms with Crippen LogP contribution in [0.4, 0.5) is 5.82 Å². The Morgan fingerprint density at radius 1 is 1.41 bits per heavy atom. The minimum atomic E-state index is -0.664. The number of rotatable bonds is 3. The van der Waals surface area contributed by atoms with E-state index in [1.54, 1.807) is 6.07 Å². The zero-order chi connectivity index (χ0) is 12.1. The van der Waals surface area contributed by atoms with Crippen LogP contribution in [-0.2, 0) is 0 Å². The van der Waals surface area contributed by atoms with Crippen molar-refractivity contribution in [2.24, 2.45) is 0 Å². The van der Waals surface area contributed by atoms with Crippen molar-refractivity contribution in [3.63, 3.8) is 0 Å². The van der Waals surface area contributed by atoms with E-state index in [0.717, 1.165) is 25.7 Å². The van der Waals surface area contributed by atoms with Crippen molar-refractivity contribution in [3.05, 3.63) is 17.8 Å². The van der Waals surface area contributed by atoms with Gasteiger partial charge >= 0.3 is 0 Å². The smallest absolute Gasteiger partial charge is 0.166 e. The summed E-state index contributed by atoms with van der Waals surface area (Å²) in [5.74, 6) is 0.453. The van der Waals surface area contributed by atoms with Crippen LogP contribution in [0.15, 0.2) is 12.3 Å². The van der Waals surface area contributed by atoms with Gasteiger partial charge in [0.05, 0.1) is 17.4 Å². The minimum Gasteiger partial charge on any atom is -0.388 e. The number of nitriles is 1. The van der Waals surface area contributed by atoms with E-state index < -0.39 is 5.60 Å². The molecule has 0 bridgehead atoms. The Balaban J connectivity index is 2.00. The van der Waals surface area contributed by atoms with Gasteiger partial charge in [0.1, 0.15) is 6.07 Å². The van der Waals surface area contributed by atoms with Gasteiger partial charge in [0, 0.05) is 6.54 Å². The van der Waals surface area contributed by atoms with Crippen molar-refractivity contribution in [2.45, 2.75) is 37.7 Å². The highest BCUT2D eigenvalue weighted by Crippen LogP contribution is 2.28. The quantitative estimate of drug-likeness (QED) is 0.824. The SMILES string of the molecule is N#Cc1ccnnc1NCC1(O)CCCCC1. The number of hydrogen-bond acceptors (Lipinski definition) is 5. The molecule has 1 heterocycles. The van der Waals surface area contributed by atoms with Crippen LogP contribution in [0.25, 0.3) is 0 Å². The number of nitrogens with one attached hydrogen (secondary N) is 1. The lowest BCUT2D eigenvalue weighted by Crippen LogP contribution is -2.39. The average Bonchev–Trinajstić information content (AvgIpc) is 2.38. The van der Waals surface area contributed by atoms with Gasteiger partial charge in [0.15, 0.2) is 5.82 Å². The summed E-state index contributed by atoms with van der Waals surface area (Å²) in [5.41, 5.74) is -0.206. The van der Waals surface area contributed by atoms with Gasteiger partial charge in [0.2, 0.25) is 0 Å². The summed E-state index contributed by atoms with van der Waals surface area (Å²) in [7, 11) is 0. The van der Waals surface area contributed by atoms with Crippen molar-refractivity contribution in [3.8, 4) is 6.07 Å². The first-order chi connectivity index (χ1) is 8.23. The Bertz CT molecular complexity index is 421. The molecule has 0 unspecified atom stereocenters. The van der Waals surface area contributed by atoms with Crippen LogP contribution in [-0.4, -0.2) is 27.4 Å². The molecule has 0 amide bonds. The Labute approximate surface area is 100 Å². The van der Waals surface area contributed by atoms with Gasteiger partial charge in [-0.1, -0.05) is 19.3 Å². The fraction of sp³-hybridized carbons (Fsp3) is 0.583. The molecule has 0 saturated heterocycles. The van der Waals surface area contributed by atoms with Crippen LogP contribution >= 0.6 is 0 Å². The number of hydrogen-bond donors (Lipinski definition) is 2. The molecule has 1 fully saturated rings. The summed E-state index contributed by atoms with van der Waals surface area (Å²) in [6.07, 6.45) is 6.41. The maximum atomic E-state index is 10.3. The standard InChI is InChI=1S/C12H16N4O/c13-8-10-4-7-15-16-11(10)14-9-12(17)5-2-1-3-6-12/h4,7,17H,1-3,5-6,9H2,(H,14,16). The highest BCUT2D eigenvalue weighted by atomic mass is 16.3. The van der Waals surface area contributed by atoms with E-state index in [2.05, 4.69) is 15.5 Å². The second kappa shape index (κ2) is 5.11. The highest BCUT2D eigenvalue weighted by Gasteiger charge is 2.29. The Hall–Kier alpha value is -1.67. The van der Waals surface area contributed by atoms with E-state index in [4.69, 9.17) is 5.26 Å². The minimum absolute atomic E-state index is 0.431. The molecular formula is C12H16N4O. The molecule has 0 aliphatic heterocycles. The maximum absolute atomic E-state index is 10.3. The fourth-order valence-electron chi connectivity index (χ4n) is 2.19. The lowest BCUT2D eigenvalue weighted by molar-refractivity contribution is 0.0166. The van der Waals surface area contributed by atoms with Gasteiger partial charge in [-0.05, 0) is 18.9 Å². The van der Waals surface area contributed by atoms with Gasteiger partial charge in [-0.25, -0.2) is 0 Å². The molecule has 0 spiro atoms. The van der Waals surface area contributed by atoms with Crippen molar-refractivity contribution in [2.75, 3.05) is 11.9 Å². The lowest BCUT2D eigenvalue weighted by Gasteiger charge is -2.32. The van der Waals surface area contributed by atoms with Crippen LogP contribution in [0.3, 0.4) is 0 Å². The van der Waals surface area contributed by atoms with Crippen LogP contribution in [0, 0.1) is 11.3 Å². The van der Waals surface area contributed by atoms with Gasteiger partial charge in [0.25, 0.3) is 0 Å². The van der Waals surface area contributed by atoms with Gasteiger partial charge in [-0.3, -0.25) is 0 Å². The highest BCUT2D eigenvalue weighted by molar-refractivity contribution is 5.50. The normalized spacial score (nSPS) is 18.4. The Morgan fingerprint density at radius 3 is 2.88 bits per heavy atom. The summed E-state index contributed by atoms with van der Waals surface area (Å²) in [6, 6.07) is 3.66. The topological polar surface area (TPSA) is 81.8 Å². The van der Waals surface area contributed by atoms with E-state index in [9.17, 15) is 5.11 Å². The summed E-state index contributed by atoms with van der Waals surface area (Å²) in [5, 5.41) is 29.8. The fourth-order valence-corrected chi connectivity index (χ4v) is 2.19. The molecule has 90 valence electrons. The van der Waals surface area contributed by atoms with E-state index in [1.807, 2.05) is 6.07 Å². The largest absolute Gasteiger partial charge is 0.388 e. The monoisotopic (exact) mass is 232 g/mol. The summed E-state index contributed by atoms with van der Waals surface area (Å²) < 4.78 is 0. The first kappa shape index (κ1) is 11.8. The van der Waals surface area contributed by atoms with Crippen LogP contribution < -0.4 is 5.32 Å². The molecule has 2 rings (SSSR count). The zero-order valence-corrected chi connectivity index (χ0v) is 9.69. The molecule has 1 aromatic rings. The first-order valence-corrected chi connectivity index (χ1v) is 5.92. The molecular weight excluding hydrogens is 216 g/mol. The van der Waals surface area contributed by atoms with Crippen LogP contribution in [0.5, 0.6) is 0 Å². The molecule has 1 aliphatic rings. The predicted octanol–water partition coefficient (Wildman–Crippen LogP) is 1.46. The molecule has 17 heavy (non-hydrogen) atoms. The first-order valence-electron chi connectivity index (χ1n) is 5.92. The second-order valence-corrected chi connectivity index (χ2v) is 4.54. The van der Waals surface area contributed by atoms with Crippen molar-refractivity contribution >= 4 is 5.82 Å². The Kier molecular flexibility index (Phi) is 3.55. The molecule has 5 heteroatoms. The van der Waals surface area contributed by atoms with E-state index in [1.165, 1.54) is 12.6 Å².